The highest BCUT2D eigenvalue weighted by molar-refractivity contribution is 5.38. The standard InChI is InChI=1S/C14H21N5O/c1-4-6-15-13-8-14(20)19(16-9-13)10-12-5-7-18(17-12)11(2)3/h5,7-9,11,15H,4,6,10H2,1-3H3. The van der Waals surface area contributed by atoms with Crippen LogP contribution in [0.1, 0.15) is 38.9 Å². The highest BCUT2D eigenvalue weighted by atomic mass is 16.1. The summed E-state index contributed by atoms with van der Waals surface area (Å²) in [4.78, 5) is 12.0. The van der Waals surface area contributed by atoms with Crippen LogP contribution in [0.3, 0.4) is 0 Å². The Labute approximate surface area is 118 Å². The Balaban J connectivity index is 2.10. The van der Waals surface area contributed by atoms with Gasteiger partial charge < -0.3 is 5.32 Å². The van der Waals surface area contributed by atoms with Crippen molar-refractivity contribution in [3.8, 4) is 0 Å². The van der Waals surface area contributed by atoms with Crippen molar-refractivity contribution in [2.75, 3.05) is 11.9 Å². The normalized spacial score (nSPS) is 11.0. The second-order valence-corrected chi connectivity index (χ2v) is 5.05. The minimum atomic E-state index is -0.120. The molecule has 0 aromatic carbocycles. The van der Waals surface area contributed by atoms with Gasteiger partial charge in [-0.2, -0.15) is 10.2 Å². The minimum absolute atomic E-state index is 0.120. The molecular formula is C14H21N5O. The molecule has 2 aromatic rings. The Kier molecular flexibility index (Phi) is 4.55. The Morgan fingerprint density at radius 3 is 2.80 bits per heavy atom. The second-order valence-electron chi connectivity index (χ2n) is 5.05. The number of hydrogen-bond acceptors (Lipinski definition) is 4. The first-order valence-corrected chi connectivity index (χ1v) is 6.95. The van der Waals surface area contributed by atoms with Gasteiger partial charge in [0, 0.05) is 24.8 Å². The van der Waals surface area contributed by atoms with E-state index in [9.17, 15) is 4.79 Å². The average molecular weight is 275 g/mol. The lowest BCUT2D eigenvalue weighted by atomic mass is 10.4. The van der Waals surface area contributed by atoms with Gasteiger partial charge in [-0.1, -0.05) is 6.92 Å². The fraction of sp³-hybridized carbons (Fsp3) is 0.500. The van der Waals surface area contributed by atoms with Gasteiger partial charge in [0.1, 0.15) is 0 Å². The molecule has 1 N–H and O–H groups in total. The lowest BCUT2D eigenvalue weighted by Gasteiger charge is -2.06. The van der Waals surface area contributed by atoms with Crippen molar-refractivity contribution in [2.24, 2.45) is 0 Å². The van der Waals surface area contributed by atoms with Crippen molar-refractivity contribution in [3.05, 3.63) is 40.6 Å². The van der Waals surface area contributed by atoms with Crippen LogP contribution in [0.4, 0.5) is 5.69 Å². The first-order valence-electron chi connectivity index (χ1n) is 6.95. The fourth-order valence-corrected chi connectivity index (χ4v) is 1.82. The molecule has 0 bridgehead atoms. The Hall–Kier alpha value is -2.11. The maximum absolute atomic E-state index is 12.0. The summed E-state index contributed by atoms with van der Waals surface area (Å²) in [6.45, 7) is 7.44. The number of hydrogen-bond donors (Lipinski definition) is 1. The van der Waals surface area contributed by atoms with Crippen LogP contribution < -0.4 is 10.9 Å². The third kappa shape index (κ3) is 3.46. The van der Waals surface area contributed by atoms with Gasteiger partial charge in [0.2, 0.25) is 0 Å². The van der Waals surface area contributed by atoms with Crippen molar-refractivity contribution in [1.82, 2.24) is 19.6 Å². The molecule has 6 nitrogen and oxygen atoms in total. The van der Waals surface area contributed by atoms with E-state index in [0.29, 0.717) is 12.6 Å². The van der Waals surface area contributed by atoms with Crippen LogP contribution in [-0.4, -0.2) is 26.1 Å². The van der Waals surface area contributed by atoms with Gasteiger partial charge in [-0.15, -0.1) is 0 Å². The summed E-state index contributed by atoms with van der Waals surface area (Å²) in [5.41, 5.74) is 1.48. The van der Waals surface area contributed by atoms with Crippen molar-refractivity contribution < 1.29 is 0 Å². The summed E-state index contributed by atoms with van der Waals surface area (Å²) < 4.78 is 3.29. The molecule has 20 heavy (non-hydrogen) atoms. The van der Waals surface area contributed by atoms with Crippen molar-refractivity contribution in [2.45, 2.75) is 39.8 Å². The predicted octanol–water partition coefficient (Wildman–Crippen LogP) is 1.89. The summed E-state index contributed by atoms with van der Waals surface area (Å²) in [6, 6.07) is 3.80. The largest absolute Gasteiger partial charge is 0.384 e. The number of nitrogens with zero attached hydrogens (tertiary/aromatic N) is 4. The van der Waals surface area contributed by atoms with Crippen LogP contribution in [0.25, 0.3) is 0 Å². The minimum Gasteiger partial charge on any atom is -0.384 e. The number of nitrogens with one attached hydrogen (secondary N) is 1. The van der Waals surface area contributed by atoms with Crippen molar-refractivity contribution in [1.29, 1.82) is 0 Å². The maximum Gasteiger partial charge on any atom is 0.269 e. The van der Waals surface area contributed by atoms with E-state index >= 15 is 0 Å². The van der Waals surface area contributed by atoms with Crippen molar-refractivity contribution >= 4 is 5.69 Å². The zero-order valence-electron chi connectivity index (χ0n) is 12.2. The number of anilines is 1. The van der Waals surface area contributed by atoms with E-state index in [4.69, 9.17) is 0 Å². The van der Waals surface area contributed by atoms with Gasteiger partial charge in [-0.3, -0.25) is 9.48 Å². The van der Waals surface area contributed by atoms with Crippen molar-refractivity contribution in [3.63, 3.8) is 0 Å². The first kappa shape index (κ1) is 14.3. The third-order valence-corrected chi connectivity index (χ3v) is 2.95. The zero-order chi connectivity index (χ0) is 14.5. The summed E-state index contributed by atoms with van der Waals surface area (Å²) >= 11 is 0. The molecule has 0 saturated heterocycles. The van der Waals surface area contributed by atoms with Gasteiger partial charge in [0.15, 0.2) is 0 Å². The summed E-state index contributed by atoms with van der Waals surface area (Å²) in [5.74, 6) is 0. The molecule has 0 unspecified atom stereocenters. The van der Waals surface area contributed by atoms with Gasteiger partial charge >= 0.3 is 0 Å². The Bertz CT molecular complexity index is 614. The van der Waals surface area contributed by atoms with Crippen LogP contribution >= 0.6 is 0 Å². The number of rotatable bonds is 6. The summed E-state index contributed by atoms with van der Waals surface area (Å²) in [6.07, 6.45) is 4.61. The van der Waals surface area contributed by atoms with Crippen LogP contribution in [-0.2, 0) is 6.54 Å². The fourth-order valence-electron chi connectivity index (χ4n) is 1.82. The van der Waals surface area contributed by atoms with Gasteiger partial charge in [-0.05, 0) is 26.3 Å². The molecule has 0 fully saturated rings. The Morgan fingerprint density at radius 1 is 1.40 bits per heavy atom. The molecule has 0 aliphatic carbocycles. The molecule has 0 aliphatic heterocycles. The smallest absolute Gasteiger partial charge is 0.269 e. The van der Waals surface area contributed by atoms with E-state index in [1.54, 1.807) is 12.3 Å². The zero-order valence-corrected chi connectivity index (χ0v) is 12.2. The maximum atomic E-state index is 12.0. The van der Waals surface area contributed by atoms with E-state index in [2.05, 4.69) is 36.3 Å². The molecule has 2 heterocycles. The molecule has 0 spiro atoms. The monoisotopic (exact) mass is 275 g/mol. The molecule has 0 aliphatic rings. The quantitative estimate of drug-likeness (QED) is 0.874. The molecule has 6 heteroatoms. The van der Waals surface area contributed by atoms with Crippen LogP contribution in [0.15, 0.2) is 29.3 Å². The van der Waals surface area contributed by atoms with E-state index in [1.807, 2.05) is 16.9 Å². The van der Waals surface area contributed by atoms with Crippen LogP contribution in [0.5, 0.6) is 0 Å². The lowest BCUT2D eigenvalue weighted by Crippen LogP contribution is -2.23. The number of aromatic nitrogens is 4. The van der Waals surface area contributed by atoms with Gasteiger partial charge in [-0.25, -0.2) is 4.68 Å². The first-order chi connectivity index (χ1) is 9.60. The molecule has 0 saturated carbocycles. The topological polar surface area (TPSA) is 64.7 Å². The van der Waals surface area contributed by atoms with Crippen LogP contribution in [0.2, 0.25) is 0 Å². The molecular weight excluding hydrogens is 254 g/mol. The molecule has 0 amide bonds. The van der Waals surface area contributed by atoms with Gasteiger partial charge in [0.05, 0.1) is 24.1 Å². The predicted molar refractivity (Wildman–Crippen MR) is 79.0 cm³/mol. The lowest BCUT2D eigenvalue weighted by molar-refractivity contribution is 0.518. The van der Waals surface area contributed by atoms with Gasteiger partial charge in [0.25, 0.3) is 5.56 Å². The highest BCUT2D eigenvalue weighted by Crippen LogP contribution is 2.05. The third-order valence-electron chi connectivity index (χ3n) is 2.95. The summed E-state index contributed by atoms with van der Waals surface area (Å²) in [5, 5.41) is 11.7. The highest BCUT2D eigenvalue weighted by Gasteiger charge is 2.05. The SMILES string of the molecule is CCCNc1cnn(Cc2ccn(C(C)C)n2)c(=O)c1. The van der Waals surface area contributed by atoms with E-state index < -0.39 is 0 Å². The molecule has 0 atom stereocenters. The second kappa shape index (κ2) is 6.36. The molecule has 2 rings (SSSR count). The molecule has 2 aromatic heterocycles. The molecule has 108 valence electrons. The van der Waals surface area contributed by atoms with E-state index in [1.165, 1.54) is 4.68 Å². The van der Waals surface area contributed by atoms with Crippen LogP contribution in [0, 0.1) is 0 Å². The Morgan fingerprint density at radius 2 is 2.20 bits per heavy atom. The summed E-state index contributed by atoms with van der Waals surface area (Å²) in [7, 11) is 0. The van der Waals surface area contributed by atoms with E-state index in [0.717, 1.165) is 24.3 Å². The van der Waals surface area contributed by atoms with E-state index in [-0.39, 0.29) is 5.56 Å². The average Bonchev–Trinajstić information content (AvgIpc) is 2.88. The molecule has 0 radical (unpaired) electrons.